The quantitative estimate of drug-likeness (QED) is 0.705. The number of rotatable bonds is 4. The number of aromatic nitrogens is 4. The summed E-state index contributed by atoms with van der Waals surface area (Å²) >= 11 is 0. The van der Waals surface area contributed by atoms with E-state index in [2.05, 4.69) is 25.7 Å². The van der Waals surface area contributed by atoms with E-state index in [1.807, 2.05) is 32.4 Å². The van der Waals surface area contributed by atoms with Crippen LogP contribution in [0.15, 0.2) is 0 Å². The summed E-state index contributed by atoms with van der Waals surface area (Å²) in [5.41, 5.74) is 6.89. The van der Waals surface area contributed by atoms with Crippen LogP contribution in [0.25, 0.3) is 11.2 Å². The molecule has 11 heteroatoms. The van der Waals surface area contributed by atoms with E-state index in [0.717, 1.165) is 35.9 Å². The van der Waals surface area contributed by atoms with Crippen molar-refractivity contribution in [2.24, 2.45) is 7.05 Å². The van der Waals surface area contributed by atoms with Gasteiger partial charge >= 0.3 is 6.09 Å². The Morgan fingerprint density at radius 3 is 2.50 bits per heavy atom. The van der Waals surface area contributed by atoms with Gasteiger partial charge in [0.25, 0.3) is 0 Å². The van der Waals surface area contributed by atoms with Crippen molar-refractivity contribution in [1.29, 1.82) is 0 Å². The molecule has 0 unspecified atom stereocenters. The molecule has 11 nitrogen and oxygen atoms in total. The number of hydrogen-bond acceptors (Lipinski definition) is 9. The third-order valence-corrected chi connectivity index (χ3v) is 5.18. The first-order chi connectivity index (χ1) is 14.3. The second kappa shape index (κ2) is 7.88. The second-order valence-corrected chi connectivity index (χ2v) is 8.63. The van der Waals surface area contributed by atoms with Gasteiger partial charge in [0.1, 0.15) is 11.4 Å². The average molecular weight is 419 g/mol. The van der Waals surface area contributed by atoms with E-state index in [9.17, 15) is 4.79 Å². The predicted octanol–water partition coefficient (Wildman–Crippen LogP) is 1.08. The van der Waals surface area contributed by atoms with Crippen LogP contribution in [-0.4, -0.2) is 82.6 Å². The zero-order valence-corrected chi connectivity index (χ0v) is 18.2. The van der Waals surface area contributed by atoms with Gasteiger partial charge in [0.05, 0.1) is 19.1 Å². The molecule has 0 atom stereocenters. The summed E-state index contributed by atoms with van der Waals surface area (Å²) in [6, 6.07) is 0. The number of amides is 1. The van der Waals surface area contributed by atoms with E-state index in [0.29, 0.717) is 32.3 Å². The molecule has 2 saturated heterocycles. The molecule has 4 heterocycles. The third-order valence-electron chi connectivity index (χ3n) is 5.18. The lowest BCUT2D eigenvalue weighted by Crippen LogP contribution is -2.50. The molecule has 0 saturated carbocycles. The topological polar surface area (TPSA) is 110 Å². The number of aryl methyl sites for hydroxylation is 1. The fourth-order valence-corrected chi connectivity index (χ4v) is 3.71. The Bertz CT molecular complexity index is 926. The van der Waals surface area contributed by atoms with Crippen molar-refractivity contribution in [2.45, 2.75) is 32.3 Å². The average Bonchev–Trinajstić information content (AvgIpc) is 2.96. The highest BCUT2D eigenvalue weighted by Gasteiger charge is 2.37. The van der Waals surface area contributed by atoms with Crippen molar-refractivity contribution in [3.8, 4) is 0 Å². The summed E-state index contributed by atoms with van der Waals surface area (Å²) in [7, 11) is 3.73. The Morgan fingerprint density at radius 2 is 1.87 bits per heavy atom. The Balaban J connectivity index is 1.61. The minimum atomic E-state index is -0.501. The van der Waals surface area contributed by atoms with Crippen LogP contribution < -0.4 is 15.8 Å². The third kappa shape index (κ3) is 3.99. The monoisotopic (exact) mass is 418 g/mol. The molecule has 2 N–H and O–H groups in total. The molecule has 2 fully saturated rings. The van der Waals surface area contributed by atoms with Gasteiger partial charge in [-0.05, 0) is 20.8 Å². The Morgan fingerprint density at radius 1 is 1.17 bits per heavy atom. The normalized spacial score (nSPS) is 17.9. The zero-order valence-electron chi connectivity index (χ0n) is 18.2. The molecular weight excluding hydrogens is 388 g/mol. The van der Waals surface area contributed by atoms with E-state index in [4.69, 9.17) is 14.5 Å². The van der Waals surface area contributed by atoms with Crippen molar-refractivity contribution in [1.82, 2.24) is 29.8 Å². The van der Waals surface area contributed by atoms with Crippen LogP contribution in [0.1, 0.15) is 32.5 Å². The lowest BCUT2D eigenvalue weighted by Gasteiger charge is -2.39. The van der Waals surface area contributed by atoms with Crippen molar-refractivity contribution in [3.63, 3.8) is 0 Å². The van der Waals surface area contributed by atoms with Crippen LogP contribution in [0.2, 0.25) is 0 Å². The smallest absolute Gasteiger partial charge is 0.410 e. The fraction of sp³-hybridized carbons (Fsp3) is 0.684. The number of nitrogens with one attached hydrogen (secondary N) is 2. The number of hydrogen-bond donors (Lipinski definition) is 2. The molecule has 164 valence electrons. The van der Waals surface area contributed by atoms with Gasteiger partial charge in [-0.2, -0.15) is 9.97 Å². The lowest BCUT2D eigenvalue weighted by atomic mass is 10.00. The maximum absolute atomic E-state index is 12.3. The van der Waals surface area contributed by atoms with Gasteiger partial charge in [0.15, 0.2) is 17.0 Å². The number of carbonyl (C=O) groups is 1. The summed E-state index contributed by atoms with van der Waals surface area (Å²) in [5.74, 6) is 2.32. The van der Waals surface area contributed by atoms with E-state index in [1.165, 1.54) is 0 Å². The molecule has 4 rings (SSSR count). The summed E-state index contributed by atoms with van der Waals surface area (Å²) in [4.78, 5) is 30.4. The number of ether oxygens (including phenoxy) is 2. The van der Waals surface area contributed by atoms with Gasteiger partial charge in [0.2, 0.25) is 5.95 Å². The van der Waals surface area contributed by atoms with Gasteiger partial charge in [-0.1, -0.05) is 0 Å². The van der Waals surface area contributed by atoms with Gasteiger partial charge in [-0.15, -0.1) is 0 Å². The molecular formula is C19H30N8O3. The van der Waals surface area contributed by atoms with Crippen LogP contribution in [0.4, 0.5) is 16.6 Å². The van der Waals surface area contributed by atoms with Crippen LogP contribution in [0.5, 0.6) is 0 Å². The molecule has 2 aromatic rings. The van der Waals surface area contributed by atoms with Gasteiger partial charge in [0, 0.05) is 40.3 Å². The van der Waals surface area contributed by atoms with Crippen molar-refractivity contribution in [3.05, 3.63) is 5.82 Å². The first-order valence-corrected chi connectivity index (χ1v) is 10.2. The number of morpholine rings is 1. The van der Waals surface area contributed by atoms with E-state index in [-0.39, 0.29) is 12.0 Å². The van der Waals surface area contributed by atoms with Crippen LogP contribution in [0.3, 0.4) is 0 Å². The molecule has 0 aromatic carbocycles. The molecule has 0 bridgehead atoms. The number of hydrazine groups is 1. The van der Waals surface area contributed by atoms with Gasteiger partial charge in [-0.3, -0.25) is 5.43 Å². The minimum Gasteiger partial charge on any atom is -0.444 e. The van der Waals surface area contributed by atoms with E-state index in [1.54, 1.807) is 11.9 Å². The van der Waals surface area contributed by atoms with Crippen molar-refractivity contribution < 1.29 is 14.3 Å². The largest absolute Gasteiger partial charge is 0.444 e. The summed E-state index contributed by atoms with van der Waals surface area (Å²) in [6.45, 7) is 9.60. The maximum atomic E-state index is 12.3. The van der Waals surface area contributed by atoms with Crippen LogP contribution in [0, 0.1) is 0 Å². The van der Waals surface area contributed by atoms with E-state index < -0.39 is 5.60 Å². The summed E-state index contributed by atoms with van der Waals surface area (Å²) in [5, 5.41) is 0. The molecule has 0 radical (unpaired) electrons. The number of nitrogens with zero attached hydrogens (tertiary/aromatic N) is 6. The summed E-state index contributed by atoms with van der Waals surface area (Å²) in [6.07, 6.45) is -0.285. The first kappa shape index (κ1) is 20.6. The number of anilines is 2. The van der Waals surface area contributed by atoms with Crippen LogP contribution >= 0.6 is 0 Å². The molecule has 1 amide bonds. The Kier molecular flexibility index (Phi) is 5.41. The highest BCUT2D eigenvalue weighted by atomic mass is 16.6. The van der Waals surface area contributed by atoms with Gasteiger partial charge < -0.3 is 23.8 Å². The zero-order chi connectivity index (χ0) is 21.5. The number of imidazole rings is 1. The van der Waals surface area contributed by atoms with E-state index >= 15 is 0 Å². The fourth-order valence-electron chi connectivity index (χ4n) is 3.71. The molecule has 2 aliphatic rings. The molecule has 30 heavy (non-hydrogen) atoms. The Labute approximate surface area is 175 Å². The standard InChI is InChI=1S/C19H30N8O3/c1-19(2,3)30-18(28)27-10-12(11-27)14-21-13-15(25(14)5)22-17(24-20-4)23-16(13)26-6-8-29-9-7-26/h12,20H,6-11H2,1-5H3,(H,22,23,24). The first-order valence-electron chi connectivity index (χ1n) is 10.2. The highest BCUT2D eigenvalue weighted by Crippen LogP contribution is 2.32. The number of carbonyl (C=O) groups excluding carboxylic acids is 1. The maximum Gasteiger partial charge on any atom is 0.410 e. The van der Waals surface area contributed by atoms with Crippen molar-refractivity contribution >= 4 is 29.0 Å². The molecule has 2 aliphatic heterocycles. The molecule has 2 aromatic heterocycles. The second-order valence-electron chi connectivity index (χ2n) is 8.63. The number of likely N-dealkylation sites (tertiary alicyclic amines) is 1. The molecule has 0 aliphatic carbocycles. The Hall–Kier alpha value is -2.66. The van der Waals surface area contributed by atoms with Gasteiger partial charge in [-0.25, -0.2) is 15.2 Å². The van der Waals surface area contributed by atoms with Crippen LogP contribution in [-0.2, 0) is 16.5 Å². The molecule has 0 spiro atoms. The predicted molar refractivity (Wildman–Crippen MR) is 113 cm³/mol. The number of fused-ring (bicyclic) bond motifs is 1. The minimum absolute atomic E-state index is 0.134. The highest BCUT2D eigenvalue weighted by molar-refractivity contribution is 5.85. The SMILES string of the molecule is CNNc1nc(N2CCOCC2)c2nc(C3CN(C(=O)OC(C)(C)C)C3)n(C)c2n1. The lowest BCUT2D eigenvalue weighted by molar-refractivity contribution is 0.00734. The van der Waals surface area contributed by atoms with Crippen molar-refractivity contribution in [2.75, 3.05) is 56.8 Å². The summed E-state index contributed by atoms with van der Waals surface area (Å²) < 4.78 is 12.9.